The fourth-order valence-electron chi connectivity index (χ4n) is 1.75. The molecule has 0 saturated heterocycles. The van der Waals surface area contributed by atoms with Crippen molar-refractivity contribution in [1.29, 1.82) is 0 Å². The zero-order valence-electron chi connectivity index (χ0n) is 13.6. The highest BCUT2D eigenvalue weighted by Crippen LogP contribution is 2.23. The van der Waals surface area contributed by atoms with Gasteiger partial charge in [0, 0.05) is 24.6 Å². The Morgan fingerprint density at radius 2 is 2.09 bits per heavy atom. The van der Waals surface area contributed by atoms with Crippen LogP contribution in [0.4, 0.5) is 4.79 Å². The van der Waals surface area contributed by atoms with Crippen molar-refractivity contribution in [3.05, 3.63) is 33.3 Å². The Morgan fingerprint density at radius 3 is 2.68 bits per heavy atom. The molecule has 0 atom stereocenters. The van der Waals surface area contributed by atoms with E-state index in [9.17, 15) is 4.79 Å². The second-order valence-electron chi connectivity index (χ2n) is 6.18. The first kappa shape index (κ1) is 19.3. The molecule has 1 N–H and O–H groups in total. The first-order chi connectivity index (χ1) is 10.2. The second kappa shape index (κ2) is 8.75. The normalized spacial score (nSPS) is 11.4. The average molecular weight is 392 g/mol. The van der Waals surface area contributed by atoms with Crippen LogP contribution in [-0.4, -0.2) is 36.7 Å². The Kier molecular flexibility index (Phi) is 7.66. The van der Waals surface area contributed by atoms with E-state index in [2.05, 4.69) is 21.2 Å². The topological polar surface area (TPSA) is 41.6 Å². The van der Waals surface area contributed by atoms with Gasteiger partial charge in [-0.2, -0.15) is 0 Å². The SMILES string of the molecule is CN(CCCNCc1ccc(Cl)c(Br)c1)C(=O)OC(C)(C)C. The summed E-state index contributed by atoms with van der Waals surface area (Å²) in [5.41, 5.74) is 0.711. The molecular weight excluding hydrogens is 368 g/mol. The third-order valence-electron chi connectivity index (χ3n) is 2.87. The molecule has 1 rings (SSSR count). The third kappa shape index (κ3) is 7.47. The molecule has 0 aliphatic carbocycles. The molecule has 0 unspecified atom stereocenters. The van der Waals surface area contributed by atoms with Crippen LogP contribution in [0.25, 0.3) is 0 Å². The summed E-state index contributed by atoms with van der Waals surface area (Å²) in [6.07, 6.45) is 0.582. The van der Waals surface area contributed by atoms with Crippen LogP contribution in [-0.2, 0) is 11.3 Å². The Hall–Kier alpha value is -0.780. The Morgan fingerprint density at radius 1 is 1.41 bits per heavy atom. The number of nitrogens with zero attached hydrogens (tertiary/aromatic N) is 1. The summed E-state index contributed by atoms with van der Waals surface area (Å²) in [6.45, 7) is 7.85. The molecule has 0 aliphatic rings. The van der Waals surface area contributed by atoms with Crippen molar-refractivity contribution in [2.45, 2.75) is 39.3 Å². The number of ether oxygens (including phenoxy) is 1. The predicted octanol–water partition coefficient (Wildman–Crippen LogP) is 4.45. The molecule has 0 heterocycles. The molecule has 1 aromatic rings. The van der Waals surface area contributed by atoms with Crippen molar-refractivity contribution in [3.8, 4) is 0 Å². The molecule has 0 aliphatic heterocycles. The largest absolute Gasteiger partial charge is 0.444 e. The van der Waals surface area contributed by atoms with Gasteiger partial charge >= 0.3 is 6.09 Å². The van der Waals surface area contributed by atoms with E-state index in [1.54, 1.807) is 11.9 Å². The molecule has 0 saturated carbocycles. The fourth-order valence-corrected chi connectivity index (χ4v) is 2.30. The molecule has 6 heteroatoms. The minimum Gasteiger partial charge on any atom is -0.444 e. The molecule has 0 bridgehead atoms. The van der Waals surface area contributed by atoms with E-state index in [1.807, 2.05) is 39.0 Å². The van der Waals surface area contributed by atoms with Crippen LogP contribution in [0, 0.1) is 0 Å². The lowest BCUT2D eigenvalue weighted by Gasteiger charge is -2.24. The van der Waals surface area contributed by atoms with E-state index in [0.29, 0.717) is 11.6 Å². The van der Waals surface area contributed by atoms with Crippen LogP contribution in [0.3, 0.4) is 0 Å². The highest BCUT2D eigenvalue weighted by atomic mass is 79.9. The number of amides is 1. The Bertz CT molecular complexity index is 503. The number of nitrogens with one attached hydrogen (secondary N) is 1. The zero-order chi connectivity index (χ0) is 16.8. The highest BCUT2D eigenvalue weighted by Gasteiger charge is 2.18. The molecule has 1 amide bonds. The summed E-state index contributed by atoms with van der Waals surface area (Å²) in [5.74, 6) is 0. The van der Waals surface area contributed by atoms with Gasteiger partial charge in [0.2, 0.25) is 0 Å². The van der Waals surface area contributed by atoms with Gasteiger partial charge in [0.05, 0.1) is 5.02 Å². The number of hydrogen-bond donors (Lipinski definition) is 1. The van der Waals surface area contributed by atoms with Crippen LogP contribution in [0.2, 0.25) is 5.02 Å². The lowest BCUT2D eigenvalue weighted by molar-refractivity contribution is 0.0297. The fraction of sp³-hybridized carbons (Fsp3) is 0.562. The quantitative estimate of drug-likeness (QED) is 0.728. The molecule has 4 nitrogen and oxygen atoms in total. The van der Waals surface area contributed by atoms with Gasteiger partial charge in [-0.1, -0.05) is 17.7 Å². The van der Waals surface area contributed by atoms with Gasteiger partial charge in [0.1, 0.15) is 5.60 Å². The van der Waals surface area contributed by atoms with E-state index in [0.717, 1.165) is 29.5 Å². The van der Waals surface area contributed by atoms with E-state index in [4.69, 9.17) is 16.3 Å². The summed E-state index contributed by atoms with van der Waals surface area (Å²) in [6, 6.07) is 5.87. The number of carbonyl (C=O) groups excluding carboxylic acids is 1. The van der Waals surface area contributed by atoms with E-state index >= 15 is 0 Å². The maximum atomic E-state index is 11.8. The van der Waals surface area contributed by atoms with Crippen LogP contribution in [0.15, 0.2) is 22.7 Å². The first-order valence-corrected chi connectivity index (χ1v) is 8.45. The number of halogens is 2. The third-order valence-corrected chi connectivity index (χ3v) is 4.08. The predicted molar refractivity (Wildman–Crippen MR) is 94.3 cm³/mol. The summed E-state index contributed by atoms with van der Waals surface area (Å²) in [4.78, 5) is 13.4. The van der Waals surface area contributed by atoms with Gasteiger partial charge in [-0.25, -0.2) is 4.79 Å². The van der Waals surface area contributed by atoms with Gasteiger partial charge in [-0.3, -0.25) is 0 Å². The number of hydrogen-bond acceptors (Lipinski definition) is 3. The van der Waals surface area contributed by atoms with Crippen molar-refractivity contribution < 1.29 is 9.53 Å². The van der Waals surface area contributed by atoms with Gasteiger partial charge in [-0.05, 0) is 67.4 Å². The second-order valence-corrected chi connectivity index (χ2v) is 7.44. The van der Waals surface area contributed by atoms with Gasteiger partial charge < -0.3 is 15.0 Å². The first-order valence-electron chi connectivity index (χ1n) is 7.28. The minimum absolute atomic E-state index is 0.283. The zero-order valence-corrected chi connectivity index (χ0v) is 15.9. The summed E-state index contributed by atoms with van der Waals surface area (Å²) < 4.78 is 6.20. The molecule has 0 spiro atoms. The Labute approximate surface area is 146 Å². The summed E-state index contributed by atoms with van der Waals surface area (Å²) >= 11 is 9.37. The van der Waals surface area contributed by atoms with Crippen molar-refractivity contribution in [2.24, 2.45) is 0 Å². The van der Waals surface area contributed by atoms with E-state index in [1.165, 1.54) is 0 Å². The molecule has 22 heavy (non-hydrogen) atoms. The van der Waals surface area contributed by atoms with Crippen molar-refractivity contribution >= 4 is 33.6 Å². The molecule has 0 fully saturated rings. The van der Waals surface area contributed by atoms with E-state index in [-0.39, 0.29) is 6.09 Å². The van der Waals surface area contributed by atoms with Crippen LogP contribution < -0.4 is 5.32 Å². The summed E-state index contributed by atoms with van der Waals surface area (Å²) in [7, 11) is 1.75. The molecule has 1 aromatic carbocycles. The smallest absolute Gasteiger partial charge is 0.410 e. The standard InChI is InChI=1S/C16H24BrClN2O2/c1-16(2,3)22-15(21)20(4)9-5-8-19-11-12-6-7-14(18)13(17)10-12/h6-7,10,19H,5,8-9,11H2,1-4H3. The minimum atomic E-state index is -0.453. The Balaban J connectivity index is 2.22. The lowest BCUT2D eigenvalue weighted by Crippen LogP contribution is -2.35. The maximum absolute atomic E-state index is 11.8. The average Bonchev–Trinajstić information content (AvgIpc) is 2.40. The molecule has 0 radical (unpaired) electrons. The van der Waals surface area contributed by atoms with Gasteiger partial charge in [0.15, 0.2) is 0 Å². The highest BCUT2D eigenvalue weighted by molar-refractivity contribution is 9.10. The van der Waals surface area contributed by atoms with E-state index < -0.39 is 5.60 Å². The summed E-state index contributed by atoms with van der Waals surface area (Å²) in [5, 5.41) is 4.06. The lowest BCUT2D eigenvalue weighted by atomic mass is 10.2. The number of rotatable bonds is 6. The molecule has 124 valence electrons. The number of carbonyl (C=O) groups is 1. The monoisotopic (exact) mass is 390 g/mol. The van der Waals surface area contributed by atoms with Crippen LogP contribution in [0.1, 0.15) is 32.8 Å². The number of benzene rings is 1. The van der Waals surface area contributed by atoms with Crippen LogP contribution >= 0.6 is 27.5 Å². The van der Waals surface area contributed by atoms with Crippen molar-refractivity contribution in [2.75, 3.05) is 20.1 Å². The van der Waals surface area contributed by atoms with Gasteiger partial charge in [-0.15, -0.1) is 0 Å². The van der Waals surface area contributed by atoms with Crippen LogP contribution in [0.5, 0.6) is 0 Å². The van der Waals surface area contributed by atoms with Crippen molar-refractivity contribution in [3.63, 3.8) is 0 Å². The maximum Gasteiger partial charge on any atom is 0.410 e. The molecular formula is C16H24BrClN2O2. The molecule has 0 aromatic heterocycles. The van der Waals surface area contributed by atoms with Gasteiger partial charge in [0.25, 0.3) is 0 Å². The van der Waals surface area contributed by atoms with Crippen molar-refractivity contribution in [1.82, 2.24) is 10.2 Å².